The highest BCUT2D eigenvalue weighted by Crippen LogP contribution is 2.31. The fourth-order valence-corrected chi connectivity index (χ4v) is 2.22. The maximum atomic E-state index is 5.70. The van der Waals surface area contributed by atoms with Crippen LogP contribution in [0.15, 0.2) is 18.2 Å². The van der Waals surface area contributed by atoms with Gasteiger partial charge in [-0.15, -0.1) is 0 Å². The Bertz CT molecular complexity index is 350. The summed E-state index contributed by atoms with van der Waals surface area (Å²) in [5.41, 5.74) is 10.1. The summed E-state index contributed by atoms with van der Waals surface area (Å²) < 4.78 is 0. The molecule has 0 saturated carbocycles. The van der Waals surface area contributed by atoms with E-state index >= 15 is 0 Å². The lowest BCUT2D eigenvalue weighted by Crippen LogP contribution is -2.23. The Morgan fingerprint density at radius 1 is 1.25 bits per heavy atom. The van der Waals surface area contributed by atoms with E-state index < -0.39 is 0 Å². The van der Waals surface area contributed by atoms with Gasteiger partial charge < -0.3 is 5.73 Å². The standard InChI is InChI=1S/C15H25N/c1-11(2)13-7-6-12(3)14(10-13)15(4,5)8-9-16/h6-7,10-11H,8-9,16H2,1-5H3. The summed E-state index contributed by atoms with van der Waals surface area (Å²) in [5, 5.41) is 0. The minimum Gasteiger partial charge on any atom is -0.330 e. The highest BCUT2D eigenvalue weighted by atomic mass is 14.5. The number of nitrogens with two attached hydrogens (primary N) is 1. The molecule has 1 aromatic rings. The molecular weight excluding hydrogens is 194 g/mol. The molecule has 0 atom stereocenters. The van der Waals surface area contributed by atoms with E-state index in [2.05, 4.69) is 52.8 Å². The lowest BCUT2D eigenvalue weighted by atomic mass is 9.78. The van der Waals surface area contributed by atoms with Crippen molar-refractivity contribution >= 4 is 0 Å². The first kappa shape index (κ1) is 13.2. The van der Waals surface area contributed by atoms with E-state index in [1.54, 1.807) is 0 Å². The molecule has 90 valence electrons. The fourth-order valence-electron chi connectivity index (χ4n) is 2.22. The predicted octanol–water partition coefficient (Wildman–Crippen LogP) is 3.74. The van der Waals surface area contributed by atoms with Gasteiger partial charge in [0.1, 0.15) is 0 Å². The highest BCUT2D eigenvalue weighted by molar-refractivity contribution is 5.37. The Balaban J connectivity index is 3.16. The Labute approximate surface area is 100 Å². The van der Waals surface area contributed by atoms with E-state index in [0.717, 1.165) is 13.0 Å². The second-order valence-corrected chi connectivity index (χ2v) is 5.65. The van der Waals surface area contributed by atoms with E-state index in [1.165, 1.54) is 16.7 Å². The van der Waals surface area contributed by atoms with Gasteiger partial charge in [0, 0.05) is 0 Å². The van der Waals surface area contributed by atoms with Crippen LogP contribution in [0.5, 0.6) is 0 Å². The summed E-state index contributed by atoms with van der Waals surface area (Å²) in [7, 11) is 0. The van der Waals surface area contributed by atoms with Crippen LogP contribution in [0.25, 0.3) is 0 Å². The zero-order valence-corrected chi connectivity index (χ0v) is 11.3. The van der Waals surface area contributed by atoms with E-state index in [0.29, 0.717) is 5.92 Å². The van der Waals surface area contributed by atoms with Gasteiger partial charge in [0.2, 0.25) is 0 Å². The minimum absolute atomic E-state index is 0.184. The van der Waals surface area contributed by atoms with Gasteiger partial charge in [0.05, 0.1) is 0 Å². The van der Waals surface area contributed by atoms with E-state index in [4.69, 9.17) is 5.73 Å². The van der Waals surface area contributed by atoms with Crippen LogP contribution in [-0.4, -0.2) is 6.54 Å². The maximum absolute atomic E-state index is 5.70. The SMILES string of the molecule is Cc1ccc(C(C)C)cc1C(C)(C)CCN. The normalized spacial score (nSPS) is 12.2. The molecule has 0 amide bonds. The summed E-state index contributed by atoms with van der Waals surface area (Å²) in [6, 6.07) is 6.83. The van der Waals surface area contributed by atoms with Crippen molar-refractivity contribution in [3.8, 4) is 0 Å². The Kier molecular flexibility index (Phi) is 4.15. The van der Waals surface area contributed by atoms with Crippen LogP contribution >= 0.6 is 0 Å². The van der Waals surface area contributed by atoms with Crippen LogP contribution in [0.1, 0.15) is 56.7 Å². The minimum atomic E-state index is 0.184. The summed E-state index contributed by atoms with van der Waals surface area (Å²) in [4.78, 5) is 0. The first-order chi connectivity index (χ1) is 7.38. The van der Waals surface area contributed by atoms with Gasteiger partial charge in [-0.1, -0.05) is 45.9 Å². The van der Waals surface area contributed by atoms with Gasteiger partial charge in [-0.25, -0.2) is 0 Å². The second-order valence-electron chi connectivity index (χ2n) is 5.65. The molecule has 2 N–H and O–H groups in total. The molecule has 0 aliphatic carbocycles. The van der Waals surface area contributed by atoms with Crippen molar-refractivity contribution in [1.29, 1.82) is 0 Å². The average Bonchev–Trinajstić information content (AvgIpc) is 2.17. The fraction of sp³-hybridized carbons (Fsp3) is 0.600. The first-order valence-corrected chi connectivity index (χ1v) is 6.19. The molecule has 0 spiro atoms. The van der Waals surface area contributed by atoms with E-state index in [-0.39, 0.29) is 5.41 Å². The smallest absolute Gasteiger partial charge is 0.00690 e. The molecule has 0 unspecified atom stereocenters. The number of hydrogen-bond acceptors (Lipinski definition) is 1. The lowest BCUT2D eigenvalue weighted by molar-refractivity contribution is 0.484. The zero-order valence-electron chi connectivity index (χ0n) is 11.3. The largest absolute Gasteiger partial charge is 0.330 e. The molecule has 1 heteroatoms. The number of hydrogen-bond donors (Lipinski definition) is 1. The van der Waals surface area contributed by atoms with Gasteiger partial charge in [0.15, 0.2) is 0 Å². The van der Waals surface area contributed by atoms with E-state index in [1.807, 2.05) is 0 Å². The third kappa shape index (κ3) is 2.85. The molecule has 0 aliphatic heterocycles. The Morgan fingerprint density at radius 2 is 1.88 bits per heavy atom. The van der Waals surface area contributed by atoms with Crippen LogP contribution in [0.2, 0.25) is 0 Å². The number of aryl methyl sites for hydroxylation is 1. The van der Waals surface area contributed by atoms with Crippen molar-refractivity contribution in [1.82, 2.24) is 0 Å². The summed E-state index contributed by atoms with van der Waals surface area (Å²) in [6.07, 6.45) is 1.04. The van der Waals surface area contributed by atoms with Crippen molar-refractivity contribution < 1.29 is 0 Å². The molecule has 0 bridgehead atoms. The topological polar surface area (TPSA) is 26.0 Å². The van der Waals surface area contributed by atoms with Crippen molar-refractivity contribution in [2.75, 3.05) is 6.54 Å². The molecular formula is C15H25N. The first-order valence-electron chi connectivity index (χ1n) is 6.19. The van der Waals surface area contributed by atoms with Crippen LogP contribution < -0.4 is 5.73 Å². The van der Waals surface area contributed by atoms with E-state index in [9.17, 15) is 0 Å². The highest BCUT2D eigenvalue weighted by Gasteiger charge is 2.22. The summed E-state index contributed by atoms with van der Waals surface area (Å²) in [6.45, 7) is 12.0. The van der Waals surface area contributed by atoms with Gasteiger partial charge in [0.25, 0.3) is 0 Å². The average molecular weight is 219 g/mol. The monoisotopic (exact) mass is 219 g/mol. The van der Waals surface area contributed by atoms with Gasteiger partial charge >= 0.3 is 0 Å². The Hall–Kier alpha value is -0.820. The lowest BCUT2D eigenvalue weighted by Gasteiger charge is -2.27. The predicted molar refractivity (Wildman–Crippen MR) is 72.0 cm³/mol. The summed E-state index contributed by atoms with van der Waals surface area (Å²) in [5.74, 6) is 0.591. The molecule has 0 fully saturated rings. The van der Waals surface area contributed by atoms with Crippen LogP contribution in [0.3, 0.4) is 0 Å². The molecule has 1 aromatic carbocycles. The Morgan fingerprint density at radius 3 is 2.38 bits per heavy atom. The van der Waals surface area contributed by atoms with Crippen molar-refractivity contribution in [3.05, 3.63) is 34.9 Å². The quantitative estimate of drug-likeness (QED) is 0.820. The van der Waals surface area contributed by atoms with Crippen molar-refractivity contribution in [3.63, 3.8) is 0 Å². The maximum Gasteiger partial charge on any atom is -0.00690 e. The van der Waals surface area contributed by atoms with Crippen molar-refractivity contribution in [2.45, 2.75) is 52.4 Å². The van der Waals surface area contributed by atoms with Crippen LogP contribution in [0.4, 0.5) is 0 Å². The molecule has 16 heavy (non-hydrogen) atoms. The van der Waals surface area contributed by atoms with Gasteiger partial charge in [-0.3, -0.25) is 0 Å². The number of rotatable bonds is 4. The van der Waals surface area contributed by atoms with Crippen molar-refractivity contribution in [2.24, 2.45) is 5.73 Å². The number of benzene rings is 1. The molecule has 0 aromatic heterocycles. The second kappa shape index (κ2) is 5.01. The third-order valence-electron chi connectivity index (χ3n) is 3.43. The molecule has 0 heterocycles. The molecule has 0 saturated heterocycles. The van der Waals surface area contributed by atoms with Gasteiger partial charge in [-0.05, 0) is 47.9 Å². The molecule has 1 nitrogen and oxygen atoms in total. The van der Waals surface area contributed by atoms with Crippen LogP contribution in [-0.2, 0) is 5.41 Å². The molecule has 0 radical (unpaired) electrons. The third-order valence-corrected chi connectivity index (χ3v) is 3.43. The van der Waals surface area contributed by atoms with Crippen LogP contribution in [0, 0.1) is 6.92 Å². The zero-order chi connectivity index (χ0) is 12.3. The molecule has 1 rings (SSSR count). The van der Waals surface area contributed by atoms with Gasteiger partial charge in [-0.2, -0.15) is 0 Å². The molecule has 0 aliphatic rings. The summed E-state index contributed by atoms with van der Waals surface area (Å²) >= 11 is 0.